The molecule has 4 heteroatoms. The van der Waals surface area contributed by atoms with Crippen molar-refractivity contribution >= 4 is 11.9 Å². The molecule has 0 aliphatic heterocycles. The molecule has 0 aromatic rings. The molecule has 1 unspecified atom stereocenters. The molecular weight excluding hydrogens is 232 g/mol. The maximum atomic E-state index is 11.5. The SMILES string of the molecule is CCCOC(=O)CCCC(=O)OC(CC)C(C)C. The molecule has 0 aliphatic carbocycles. The van der Waals surface area contributed by atoms with Gasteiger partial charge in [-0.3, -0.25) is 9.59 Å². The molecule has 0 aromatic heterocycles. The molecule has 0 saturated heterocycles. The van der Waals surface area contributed by atoms with Gasteiger partial charge in [0.25, 0.3) is 0 Å². The van der Waals surface area contributed by atoms with E-state index in [1.165, 1.54) is 0 Å². The Labute approximate surface area is 110 Å². The number of hydrogen-bond donors (Lipinski definition) is 0. The Hall–Kier alpha value is -1.06. The fourth-order valence-corrected chi connectivity index (χ4v) is 1.58. The normalized spacial score (nSPS) is 12.3. The van der Waals surface area contributed by atoms with Crippen LogP contribution in [0.4, 0.5) is 0 Å². The largest absolute Gasteiger partial charge is 0.466 e. The summed E-state index contributed by atoms with van der Waals surface area (Å²) in [5.74, 6) is -0.132. The molecule has 0 bridgehead atoms. The van der Waals surface area contributed by atoms with Gasteiger partial charge < -0.3 is 9.47 Å². The summed E-state index contributed by atoms with van der Waals surface area (Å²) in [6, 6.07) is 0. The predicted octanol–water partition coefficient (Wildman–Crippen LogP) is 3.09. The third-order valence-electron chi connectivity index (χ3n) is 2.66. The smallest absolute Gasteiger partial charge is 0.306 e. The van der Waals surface area contributed by atoms with Crippen molar-refractivity contribution in [2.75, 3.05) is 6.61 Å². The van der Waals surface area contributed by atoms with Crippen molar-refractivity contribution in [3.63, 3.8) is 0 Å². The second-order valence-electron chi connectivity index (χ2n) is 4.75. The average Bonchev–Trinajstić information content (AvgIpc) is 2.33. The zero-order chi connectivity index (χ0) is 14.0. The van der Waals surface area contributed by atoms with Crippen LogP contribution in [0.1, 0.15) is 59.8 Å². The van der Waals surface area contributed by atoms with Gasteiger partial charge in [-0.25, -0.2) is 0 Å². The van der Waals surface area contributed by atoms with Crippen LogP contribution in [0.25, 0.3) is 0 Å². The molecule has 0 spiro atoms. The van der Waals surface area contributed by atoms with E-state index in [1.54, 1.807) is 0 Å². The van der Waals surface area contributed by atoms with Crippen LogP contribution in [0.2, 0.25) is 0 Å². The number of carbonyl (C=O) groups excluding carboxylic acids is 2. The van der Waals surface area contributed by atoms with E-state index < -0.39 is 0 Å². The Morgan fingerprint density at radius 1 is 1.06 bits per heavy atom. The molecule has 4 nitrogen and oxygen atoms in total. The van der Waals surface area contributed by atoms with E-state index in [0.29, 0.717) is 18.9 Å². The van der Waals surface area contributed by atoms with Crippen LogP contribution in [0.5, 0.6) is 0 Å². The summed E-state index contributed by atoms with van der Waals surface area (Å²) in [6.45, 7) is 8.46. The monoisotopic (exact) mass is 258 g/mol. The maximum Gasteiger partial charge on any atom is 0.306 e. The lowest BCUT2D eigenvalue weighted by Crippen LogP contribution is -2.22. The van der Waals surface area contributed by atoms with Gasteiger partial charge in [0.2, 0.25) is 0 Å². The summed E-state index contributed by atoms with van der Waals surface area (Å²) < 4.78 is 10.3. The Kier molecular flexibility index (Phi) is 9.33. The first-order chi connectivity index (χ1) is 8.51. The van der Waals surface area contributed by atoms with Gasteiger partial charge in [0, 0.05) is 12.8 Å². The minimum Gasteiger partial charge on any atom is -0.466 e. The molecule has 0 amide bonds. The van der Waals surface area contributed by atoms with Crippen molar-refractivity contribution in [2.24, 2.45) is 5.92 Å². The van der Waals surface area contributed by atoms with Gasteiger partial charge in [0.15, 0.2) is 0 Å². The van der Waals surface area contributed by atoms with Crippen molar-refractivity contribution in [3.8, 4) is 0 Å². The summed E-state index contributed by atoms with van der Waals surface area (Å²) >= 11 is 0. The van der Waals surface area contributed by atoms with Crippen LogP contribution in [-0.4, -0.2) is 24.6 Å². The first-order valence-corrected chi connectivity index (χ1v) is 6.86. The number of ether oxygens (including phenoxy) is 2. The molecule has 0 radical (unpaired) electrons. The highest BCUT2D eigenvalue weighted by Crippen LogP contribution is 2.12. The van der Waals surface area contributed by atoms with Crippen molar-refractivity contribution in [3.05, 3.63) is 0 Å². The fraction of sp³-hybridized carbons (Fsp3) is 0.857. The molecule has 0 heterocycles. The summed E-state index contributed by atoms with van der Waals surface area (Å²) in [7, 11) is 0. The van der Waals surface area contributed by atoms with Gasteiger partial charge in [-0.1, -0.05) is 27.7 Å². The topological polar surface area (TPSA) is 52.6 Å². The molecule has 1 atom stereocenters. The Balaban J connectivity index is 3.73. The van der Waals surface area contributed by atoms with Crippen LogP contribution >= 0.6 is 0 Å². The Morgan fingerprint density at radius 2 is 1.67 bits per heavy atom. The maximum absolute atomic E-state index is 11.5. The van der Waals surface area contributed by atoms with Gasteiger partial charge in [-0.15, -0.1) is 0 Å². The van der Waals surface area contributed by atoms with Crippen LogP contribution in [0, 0.1) is 5.92 Å². The second kappa shape index (κ2) is 9.92. The van der Waals surface area contributed by atoms with E-state index in [1.807, 2.05) is 27.7 Å². The zero-order valence-electron chi connectivity index (χ0n) is 12.0. The van der Waals surface area contributed by atoms with E-state index in [2.05, 4.69) is 0 Å². The first kappa shape index (κ1) is 16.9. The molecule has 0 aromatic carbocycles. The van der Waals surface area contributed by atoms with E-state index >= 15 is 0 Å². The molecule has 106 valence electrons. The van der Waals surface area contributed by atoms with Crippen LogP contribution < -0.4 is 0 Å². The van der Waals surface area contributed by atoms with Crippen molar-refractivity contribution < 1.29 is 19.1 Å². The van der Waals surface area contributed by atoms with Crippen molar-refractivity contribution in [2.45, 2.75) is 65.9 Å². The highest BCUT2D eigenvalue weighted by molar-refractivity contribution is 5.72. The minimum absolute atomic E-state index is 0.0236. The van der Waals surface area contributed by atoms with Gasteiger partial charge >= 0.3 is 11.9 Å². The van der Waals surface area contributed by atoms with Gasteiger partial charge in [0.1, 0.15) is 6.10 Å². The highest BCUT2D eigenvalue weighted by Gasteiger charge is 2.16. The zero-order valence-corrected chi connectivity index (χ0v) is 12.0. The fourth-order valence-electron chi connectivity index (χ4n) is 1.58. The van der Waals surface area contributed by atoms with E-state index in [9.17, 15) is 9.59 Å². The molecular formula is C14H26O4. The quantitative estimate of drug-likeness (QED) is 0.596. The third-order valence-corrected chi connectivity index (χ3v) is 2.66. The number of rotatable bonds is 9. The number of carbonyl (C=O) groups is 2. The van der Waals surface area contributed by atoms with Crippen LogP contribution in [0.15, 0.2) is 0 Å². The summed E-state index contributed by atoms with van der Waals surface area (Å²) in [6.07, 6.45) is 2.68. The van der Waals surface area contributed by atoms with Gasteiger partial charge in [-0.2, -0.15) is 0 Å². The summed E-state index contributed by atoms with van der Waals surface area (Å²) in [4.78, 5) is 22.7. The lowest BCUT2D eigenvalue weighted by molar-refractivity contribution is -0.151. The van der Waals surface area contributed by atoms with Crippen molar-refractivity contribution in [1.82, 2.24) is 0 Å². The molecule has 18 heavy (non-hydrogen) atoms. The molecule has 0 aliphatic rings. The lowest BCUT2D eigenvalue weighted by atomic mass is 10.1. The Morgan fingerprint density at radius 3 is 2.17 bits per heavy atom. The lowest BCUT2D eigenvalue weighted by Gasteiger charge is -2.19. The average molecular weight is 258 g/mol. The van der Waals surface area contributed by atoms with Crippen molar-refractivity contribution in [1.29, 1.82) is 0 Å². The molecule has 0 rings (SSSR count). The van der Waals surface area contributed by atoms with Gasteiger partial charge in [0.05, 0.1) is 6.61 Å². The third kappa shape index (κ3) is 8.09. The molecule has 0 fully saturated rings. The first-order valence-electron chi connectivity index (χ1n) is 6.86. The van der Waals surface area contributed by atoms with E-state index in [-0.39, 0.29) is 30.9 Å². The second-order valence-corrected chi connectivity index (χ2v) is 4.75. The van der Waals surface area contributed by atoms with Crippen LogP contribution in [-0.2, 0) is 19.1 Å². The summed E-state index contributed by atoms with van der Waals surface area (Å²) in [5.41, 5.74) is 0. The van der Waals surface area contributed by atoms with E-state index in [0.717, 1.165) is 12.8 Å². The summed E-state index contributed by atoms with van der Waals surface area (Å²) in [5, 5.41) is 0. The number of esters is 2. The van der Waals surface area contributed by atoms with E-state index in [4.69, 9.17) is 9.47 Å². The standard InChI is InChI=1S/C14H26O4/c1-5-10-17-13(15)8-7-9-14(16)18-12(6-2)11(3)4/h11-12H,5-10H2,1-4H3. The number of hydrogen-bond acceptors (Lipinski definition) is 4. The Bertz CT molecular complexity index is 248. The predicted molar refractivity (Wildman–Crippen MR) is 70.1 cm³/mol. The highest BCUT2D eigenvalue weighted by atomic mass is 16.5. The van der Waals surface area contributed by atoms with Crippen LogP contribution in [0.3, 0.4) is 0 Å². The van der Waals surface area contributed by atoms with Gasteiger partial charge in [-0.05, 0) is 25.2 Å². The molecule has 0 saturated carbocycles. The molecule has 0 N–H and O–H groups in total. The minimum atomic E-state index is -0.236.